The maximum atomic E-state index is 12.1. The molecule has 0 heterocycles. The van der Waals surface area contributed by atoms with Gasteiger partial charge in [0.25, 0.3) is 0 Å². The molecule has 2 atom stereocenters. The number of nitrogens with zero attached hydrogens (tertiary/aromatic N) is 2. The minimum atomic E-state index is -1.49. The Morgan fingerprint density at radius 2 is 1.25 bits per heavy atom. The summed E-state index contributed by atoms with van der Waals surface area (Å²) in [5, 5.41) is 43.9. The van der Waals surface area contributed by atoms with Crippen molar-refractivity contribution in [2.45, 2.75) is 72.0 Å². The predicted molar refractivity (Wildman–Crippen MR) is 103 cm³/mol. The first-order chi connectivity index (χ1) is 13.1. The molecular weight excluding hydrogens is 364 g/mol. The fraction of sp³-hybridized carbons (Fsp3) is 0.900. The van der Waals surface area contributed by atoms with Crippen LogP contribution in [-0.4, -0.2) is 83.4 Å². The Morgan fingerprint density at radius 3 is 1.54 bits per heavy atom. The standard InChI is InChI=1S/C20H40N2O6/c1-5-21(6-2)14-16(23)12-20(19(27)28,11-9-10-18(25)26)13-17(24)15-22(7-3)8-4/h16-17,23-24H,5-15H2,1-4H3,(H,25,26)(H,27,28)/p-2. The number of carbonyl (C=O) groups is 2. The minimum absolute atomic E-state index is 0.00787. The highest BCUT2D eigenvalue weighted by Crippen LogP contribution is 2.36. The number of aliphatic carboxylic acids is 2. The minimum Gasteiger partial charge on any atom is -0.550 e. The lowest BCUT2D eigenvalue weighted by atomic mass is 9.73. The molecule has 0 fully saturated rings. The summed E-state index contributed by atoms with van der Waals surface area (Å²) < 4.78 is 0. The van der Waals surface area contributed by atoms with E-state index in [-0.39, 0.29) is 32.1 Å². The van der Waals surface area contributed by atoms with Crippen LogP contribution in [-0.2, 0) is 9.59 Å². The topological polar surface area (TPSA) is 127 Å². The molecule has 0 bridgehead atoms. The Labute approximate surface area is 169 Å². The van der Waals surface area contributed by atoms with Crippen LogP contribution < -0.4 is 10.2 Å². The van der Waals surface area contributed by atoms with E-state index >= 15 is 0 Å². The van der Waals surface area contributed by atoms with Gasteiger partial charge < -0.3 is 39.8 Å². The third-order valence-electron chi connectivity index (χ3n) is 5.45. The zero-order chi connectivity index (χ0) is 21.7. The second-order valence-corrected chi connectivity index (χ2v) is 7.48. The summed E-state index contributed by atoms with van der Waals surface area (Å²) >= 11 is 0. The fourth-order valence-electron chi connectivity index (χ4n) is 3.72. The van der Waals surface area contributed by atoms with Gasteiger partial charge in [0, 0.05) is 30.4 Å². The summed E-state index contributed by atoms with van der Waals surface area (Å²) in [7, 11) is 0. The van der Waals surface area contributed by atoms with Gasteiger partial charge in [0.15, 0.2) is 0 Å². The number of rotatable bonds is 17. The lowest BCUT2D eigenvalue weighted by Crippen LogP contribution is -2.49. The summed E-state index contributed by atoms with van der Waals surface area (Å²) in [4.78, 5) is 26.8. The van der Waals surface area contributed by atoms with Crippen LogP contribution in [0.2, 0.25) is 0 Å². The van der Waals surface area contributed by atoms with Crippen LogP contribution >= 0.6 is 0 Å². The van der Waals surface area contributed by atoms with Gasteiger partial charge in [0.2, 0.25) is 0 Å². The van der Waals surface area contributed by atoms with Gasteiger partial charge in [-0.2, -0.15) is 0 Å². The molecule has 28 heavy (non-hydrogen) atoms. The molecule has 0 aliphatic carbocycles. The van der Waals surface area contributed by atoms with Crippen LogP contribution in [0.15, 0.2) is 0 Å². The second-order valence-electron chi connectivity index (χ2n) is 7.48. The van der Waals surface area contributed by atoms with Crippen LogP contribution in [0.25, 0.3) is 0 Å². The van der Waals surface area contributed by atoms with E-state index in [0.717, 1.165) is 26.2 Å². The number of hydrogen-bond acceptors (Lipinski definition) is 8. The van der Waals surface area contributed by atoms with Crippen LogP contribution in [0.5, 0.6) is 0 Å². The molecule has 0 amide bonds. The molecule has 8 nitrogen and oxygen atoms in total. The maximum absolute atomic E-state index is 12.1. The number of likely N-dealkylation sites (N-methyl/N-ethyl adjacent to an activating group) is 2. The number of hydrogen-bond donors (Lipinski definition) is 2. The van der Waals surface area contributed by atoms with E-state index < -0.39 is 29.6 Å². The Balaban J connectivity index is 5.38. The number of carboxylic acids is 2. The maximum Gasteiger partial charge on any atom is 0.0676 e. The molecule has 0 aliphatic heterocycles. The first-order valence-electron chi connectivity index (χ1n) is 10.4. The molecule has 166 valence electrons. The number of carboxylic acid groups (broad SMARTS) is 2. The highest BCUT2D eigenvalue weighted by molar-refractivity contribution is 5.72. The summed E-state index contributed by atoms with van der Waals surface area (Å²) in [6, 6.07) is 0. The highest BCUT2D eigenvalue weighted by Gasteiger charge is 2.36. The predicted octanol–water partition coefficient (Wildman–Crippen LogP) is -1.17. The van der Waals surface area contributed by atoms with Crippen LogP contribution in [0.1, 0.15) is 59.8 Å². The molecule has 0 rings (SSSR count). The summed E-state index contributed by atoms with van der Waals surface area (Å²) in [6.07, 6.45) is -2.18. The molecule has 0 spiro atoms. The van der Waals surface area contributed by atoms with Crippen molar-refractivity contribution in [3.8, 4) is 0 Å². The third kappa shape index (κ3) is 9.82. The lowest BCUT2D eigenvalue weighted by Gasteiger charge is -2.40. The van der Waals surface area contributed by atoms with Crippen LogP contribution in [0.4, 0.5) is 0 Å². The summed E-state index contributed by atoms with van der Waals surface area (Å²) in [5.74, 6) is -2.61. The zero-order valence-electron chi connectivity index (χ0n) is 17.9. The average molecular weight is 403 g/mol. The Hall–Kier alpha value is -1.22. The molecule has 0 radical (unpaired) electrons. The van der Waals surface area contributed by atoms with E-state index in [9.17, 15) is 30.0 Å². The largest absolute Gasteiger partial charge is 0.550 e. The Kier molecular flexibility index (Phi) is 13.3. The molecule has 0 saturated carbocycles. The smallest absolute Gasteiger partial charge is 0.0676 e. The number of aliphatic hydroxyl groups is 2. The SMILES string of the molecule is CCN(CC)CC(O)CC(CCCC(=O)[O-])(CC(O)CN(CC)CC)C(=O)[O-]. The van der Waals surface area contributed by atoms with Gasteiger partial charge in [0.05, 0.1) is 12.2 Å². The summed E-state index contributed by atoms with van der Waals surface area (Å²) in [6.45, 7) is 11.3. The average Bonchev–Trinajstić information content (AvgIpc) is 2.63. The summed E-state index contributed by atoms with van der Waals surface area (Å²) in [5.41, 5.74) is -1.49. The Morgan fingerprint density at radius 1 is 0.857 bits per heavy atom. The van der Waals surface area contributed by atoms with Gasteiger partial charge in [-0.15, -0.1) is 0 Å². The monoisotopic (exact) mass is 402 g/mol. The van der Waals surface area contributed by atoms with E-state index in [2.05, 4.69) is 0 Å². The lowest BCUT2D eigenvalue weighted by molar-refractivity contribution is -0.323. The molecule has 0 saturated heterocycles. The molecule has 8 heteroatoms. The third-order valence-corrected chi connectivity index (χ3v) is 5.45. The van der Waals surface area contributed by atoms with Crippen molar-refractivity contribution in [2.75, 3.05) is 39.3 Å². The molecule has 0 aromatic heterocycles. The normalized spacial score (nSPS) is 16.1. The Bertz CT molecular complexity index is 430. The quantitative estimate of drug-likeness (QED) is 0.311. The van der Waals surface area contributed by atoms with Gasteiger partial charge >= 0.3 is 0 Å². The van der Waals surface area contributed by atoms with Crippen molar-refractivity contribution in [2.24, 2.45) is 5.41 Å². The van der Waals surface area contributed by atoms with Crippen molar-refractivity contribution >= 4 is 11.9 Å². The van der Waals surface area contributed by atoms with Gasteiger partial charge in [-0.05, 0) is 58.3 Å². The fourth-order valence-corrected chi connectivity index (χ4v) is 3.72. The van der Waals surface area contributed by atoms with Crippen molar-refractivity contribution in [3.05, 3.63) is 0 Å². The van der Waals surface area contributed by atoms with E-state index in [4.69, 9.17) is 0 Å². The molecule has 0 aromatic rings. The molecule has 0 aromatic carbocycles. The van der Waals surface area contributed by atoms with Gasteiger partial charge in [-0.3, -0.25) is 0 Å². The van der Waals surface area contributed by atoms with Crippen molar-refractivity contribution in [3.63, 3.8) is 0 Å². The molecule has 2 unspecified atom stereocenters. The number of carbonyl (C=O) groups excluding carboxylic acids is 2. The first kappa shape index (κ1) is 26.8. The first-order valence-corrected chi connectivity index (χ1v) is 10.4. The van der Waals surface area contributed by atoms with Crippen LogP contribution in [0, 0.1) is 5.41 Å². The van der Waals surface area contributed by atoms with Crippen molar-refractivity contribution < 1.29 is 30.0 Å². The van der Waals surface area contributed by atoms with E-state index in [1.165, 1.54) is 0 Å². The van der Waals surface area contributed by atoms with E-state index in [0.29, 0.717) is 13.1 Å². The van der Waals surface area contributed by atoms with E-state index in [1.54, 1.807) is 0 Å². The van der Waals surface area contributed by atoms with Gasteiger partial charge in [-0.25, -0.2) is 0 Å². The van der Waals surface area contributed by atoms with Gasteiger partial charge in [-0.1, -0.05) is 27.7 Å². The molecular formula is C20H38N2O6-2. The van der Waals surface area contributed by atoms with Crippen LogP contribution in [0.3, 0.4) is 0 Å². The highest BCUT2D eigenvalue weighted by atomic mass is 16.4. The number of aliphatic hydroxyl groups excluding tert-OH is 2. The zero-order valence-corrected chi connectivity index (χ0v) is 17.9. The van der Waals surface area contributed by atoms with Crippen molar-refractivity contribution in [1.82, 2.24) is 9.80 Å². The molecule has 2 N–H and O–H groups in total. The second kappa shape index (κ2) is 13.9. The van der Waals surface area contributed by atoms with Crippen molar-refractivity contribution in [1.29, 1.82) is 0 Å². The van der Waals surface area contributed by atoms with Gasteiger partial charge in [0.1, 0.15) is 0 Å². The molecule has 0 aliphatic rings. The van der Waals surface area contributed by atoms with E-state index in [1.807, 2.05) is 37.5 Å².